The van der Waals surface area contributed by atoms with Gasteiger partial charge in [-0.1, -0.05) is 18.9 Å². The van der Waals surface area contributed by atoms with E-state index in [-0.39, 0.29) is 21.9 Å². The number of hydrogen-bond acceptors (Lipinski definition) is 6. The number of rotatable bonds is 7. The van der Waals surface area contributed by atoms with Gasteiger partial charge < -0.3 is 14.8 Å². The van der Waals surface area contributed by atoms with Gasteiger partial charge in [0.25, 0.3) is 5.91 Å². The van der Waals surface area contributed by atoms with Crippen LogP contribution in [0.5, 0.6) is 5.75 Å². The summed E-state index contributed by atoms with van der Waals surface area (Å²) in [5.41, 5.74) is 0.540. The van der Waals surface area contributed by atoms with E-state index < -0.39 is 33.8 Å². The van der Waals surface area contributed by atoms with E-state index in [1.807, 2.05) is 0 Å². The highest BCUT2D eigenvalue weighted by Gasteiger charge is 2.28. The van der Waals surface area contributed by atoms with E-state index in [9.17, 15) is 22.4 Å². The summed E-state index contributed by atoms with van der Waals surface area (Å²) in [6.07, 6.45) is 2.28. The molecule has 1 atom stereocenters. The van der Waals surface area contributed by atoms with Gasteiger partial charge in [-0.25, -0.2) is 17.6 Å². The number of nitrogens with zero attached hydrogens (tertiary/aromatic N) is 1. The minimum atomic E-state index is -3.80. The number of amides is 1. The van der Waals surface area contributed by atoms with Crippen molar-refractivity contribution >= 4 is 27.6 Å². The van der Waals surface area contributed by atoms with Crippen molar-refractivity contribution in [3.8, 4) is 5.75 Å². The van der Waals surface area contributed by atoms with Gasteiger partial charge in [0.1, 0.15) is 17.1 Å². The van der Waals surface area contributed by atoms with Crippen molar-refractivity contribution in [3.63, 3.8) is 0 Å². The zero-order valence-electron chi connectivity index (χ0n) is 19.5. The molecular formula is C24H29FN2O6S. The highest BCUT2D eigenvalue weighted by molar-refractivity contribution is 7.89. The smallest absolute Gasteiger partial charge is 0.342 e. The second-order valence-corrected chi connectivity index (χ2v) is 10.1. The summed E-state index contributed by atoms with van der Waals surface area (Å²) in [6, 6.07) is 8.20. The fourth-order valence-corrected chi connectivity index (χ4v) is 5.17. The largest absolute Gasteiger partial charge is 0.496 e. The third-order valence-electron chi connectivity index (χ3n) is 5.69. The number of aryl methyl sites for hydroxylation is 1. The number of anilines is 1. The van der Waals surface area contributed by atoms with Crippen molar-refractivity contribution < 1.29 is 31.9 Å². The van der Waals surface area contributed by atoms with Crippen LogP contribution in [-0.4, -0.2) is 50.9 Å². The van der Waals surface area contributed by atoms with Crippen molar-refractivity contribution in [3.05, 3.63) is 53.3 Å². The number of carbonyl (C=O) groups is 2. The van der Waals surface area contributed by atoms with Crippen molar-refractivity contribution in [1.82, 2.24) is 4.31 Å². The van der Waals surface area contributed by atoms with Crippen LogP contribution in [0, 0.1) is 12.7 Å². The lowest BCUT2D eigenvalue weighted by Crippen LogP contribution is -2.32. The van der Waals surface area contributed by atoms with Crippen LogP contribution >= 0.6 is 0 Å². The lowest BCUT2D eigenvalue weighted by atomic mass is 10.2. The zero-order valence-corrected chi connectivity index (χ0v) is 20.3. The minimum Gasteiger partial charge on any atom is -0.496 e. The number of methoxy groups -OCH3 is 1. The molecule has 1 aliphatic heterocycles. The van der Waals surface area contributed by atoms with Gasteiger partial charge in [0, 0.05) is 18.8 Å². The Morgan fingerprint density at radius 2 is 1.74 bits per heavy atom. The molecule has 10 heteroatoms. The molecule has 1 fully saturated rings. The van der Waals surface area contributed by atoms with Crippen molar-refractivity contribution in [2.24, 2.45) is 0 Å². The van der Waals surface area contributed by atoms with E-state index in [1.165, 1.54) is 54.7 Å². The van der Waals surface area contributed by atoms with Gasteiger partial charge in [-0.2, -0.15) is 4.31 Å². The van der Waals surface area contributed by atoms with Crippen LogP contribution < -0.4 is 10.1 Å². The maximum absolute atomic E-state index is 13.7. The van der Waals surface area contributed by atoms with Gasteiger partial charge in [0.15, 0.2) is 6.10 Å². The average Bonchev–Trinajstić information content (AvgIpc) is 3.11. The van der Waals surface area contributed by atoms with E-state index in [2.05, 4.69) is 5.32 Å². The minimum absolute atomic E-state index is 0.0469. The third kappa shape index (κ3) is 5.92. The third-order valence-corrected chi connectivity index (χ3v) is 7.58. The normalized spacial score (nSPS) is 15.8. The summed E-state index contributed by atoms with van der Waals surface area (Å²) in [4.78, 5) is 25.3. The molecule has 1 unspecified atom stereocenters. The fourth-order valence-electron chi connectivity index (χ4n) is 3.63. The molecular weight excluding hydrogens is 463 g/mol. The number of benzene rings is 2. The van der Waals surface area contributed by atoms with E-state index in [0.717, 1.165) is 25.7 Å². The molecule has 2 aromatic rings. The molecule has 184 valence electrons. The van der Waals surface area contributed by atoms with Crippen LogP contribution in [0.15, 0.2) is 41.3 Å². The number of esters is 1. The number of hydrogen-bond donors (Lipinski definition) is 1. The Kier molecular flexibility index (Phi) is 8.27. The molecule has 0 bridgehead atoms. The van der Waals surface area contributed by atoms with Gasteiger partial charge >= 0.3 is 5.97 Å². The average molecular weight is 493 g/mol. The molecule has 0 aromatic heterocycles. The first kappa shape index (κ1) is 25.6. The van der Waals surface area contributed by atoms with Crippen LogP contribution in [0.2, 0.25) is 0 Å². The highest BCUT2D eigenvalue weighted by Crippen LogP contribution is 2.27. The van der Waals surface area contributed by atoms with Crippen LogP contribution in [0.1, 0.15) is 48.5 Å². The summed E-state index contributed by atoms with van der Waals surface area (Å²) in [6.45, 7) is 3.80. The number of halogens is 1. The summed E-state index contributed by atoms with van der Waals surface area (Å²) in [5, 5.41) is 2.49. The molecule has 1 N–H and O–H groups in total. The molecule has 1 amide bonds. The Balaban J connectivity index is 1.77. The molecule has 1 heterocycles. The quantitative estimate of drug-likeness (QED) is 0.589. The van der Waals surface area contributed by atoms with Gasteiger partial charge in [0.05, 0.1) is 12.0 Å². The first-order valence-electron chi connectivity index (χ1n) is 11.1. The maximum Gasteiger partial charge on any atom is 0.342 e. The van der Waals surface area contributed by atoms with Gasteiger partial charge in [-0.05, 0) is 62.6 Å². The monoisotopic (exact) mass is 492 g/mol. The predicted molar refractivity (Wildman–Crippen MR) is 125 cm³/mol. The molecule has 0 saturated carbocycles. The maximum atomic E-state index is 13.7. The van der Waals surface area contributed by atoms with Crippen LogP contribution in [-0.2, 0) is 19.6 Å². The standard InChI is InChI=1S/C24H29FN2O6S/c1-16-8-9-18(14-21(16)25)26-23(28)17(2)33-24(29)20-15-19(10-11-22(20)32-3)34(30,31)27-12-6-4-5-7-13-27/h8-11,14-15,17H,4-7,12-13H2,1-3H3,(H,26,28). The Hall–Kier alpha value is -2.98. The first-order chi connectivity index (χ1) is 16.1. The lowest BCUT2D eigenvalue weighted by Gasteiger charge is -2.21. The number of sulfonamides is 1. The second kappa shape index (κ2) is 11.0. The second-order valence-electron chi connectivity index (χ2n) is 8.18. The van der Waals surface area contributed by atoms with Crippen molar-refractivity contribution in [1.29, 1.82) is 0 Å². The summed E-state index contributed by atoms with van der Waals surface area (Å²) in [7, 11) is -2.46. The SMILES string of the molecule is COc1ccc(S(=O)(=O)N2CCCCCC2)cc1C(=O)OC(C)C(=O)Nc1ccc(C)c(F)c1. The summed E-state index contributed by atoms with van der Waals surface area (Å²) in [5.74, 6) is -1.94. The number of carbonyl (C=O) groups excluding carboxylic acids is 2. The molecule has 1 saturated heterocycles. The Morgan fingerprint density at radius 1 is 1.06 bits per heavy atom. The van der Waals surface area contributed by atoms with E-state index in [1.54, 1.807) is 6.92 Å². The Labute approximate surface area is 199 Å². The fraction of sp³-hybridized carbons (Fsp3) is 0.417. The molecule has 0 aliphatic carbocycles. The molecule has 1 aliphatic rings. The van der Waals surface area contributed by atoms with Gasteiger partial charge in [0.2, 0.25) is 10.0 Å². The summed E-state index contributed by atoms with van der Waals surface area (Å²) < 4.78 is 51.9. The van der Waals surface area contributed by atoms with Crippen LogP contribution in [0.3, 0.4) is 0 Å². The first-order valence-corrected chi connectivity index (χ1v) is 12.5. The van der Waals surface area contributed by atoms with Gasteiger partial charge in [-0.3, -0.25) is 4.79 Å². The Morgan fingerprint density at radius 3 is 2.35 bits per heavy atom. The van der Waals surface area contributed by atoms with Crippen LogP contribution in [0.4, 0.5) is 10.1 Å². The van der Waals surface area contributed by atoms with Crippen molar-refractivity contribution in [2.45, 2.75) is 50.5 Å². The number of nitrogens with one attached hydrogen (secondary N) is 1. The Bertz CT molecular complexity index is 1160. The van der Waals surface area contributed by atoms with E-state index >= 15 is 0 Å². The van der Waals surface area contributed by atoms with Crippen molar-refractivity contribution in [2.75, 3.05) is 25.5 Å². The number of ether oxygens (including phenoxy) is 2. The molecule has 0 spiro atoms. The molecule has 2 aromatic carbocycles. The summed E-state index contributed by atoms with van der Waals surface area (Å²) >= 11 is 0. The predicted octanol–water partition coefficient (Wildman–Crippen LogP) is 3.89. The molecule has 34 heavy (non-hydrogen) atoms. The van der Waals surface area contributed by atoms with E-state index in [0.29, 0.717) is 18.7 Å². The molecule has 8 nitrogen and oxygen atoms in total. The zero-order chi connectivity index (χ0) is 24.9. The molecule has 3 rings (SSSR count). The van der Waals surface area contributed by atoms with Gasteiger partial charge in [-0.15, -0.1) is 0 Å². The highest BCUT2D eigenvalue weighted by atomic mass is 32.2. The topological polar surface area (TPSA) is 102 Å². The lowest BCUT2D eigenvalue weighted by molar-refractivity contribution is -0.123. The van der Waals surface area contributed by atoms with E-state index in [4.69, 9.17) is 9.47 Å². The molecule has 0 radical (unpaired) electrons. The van der Waals surface area contributed by atoms with Crippen LogP contribution in [0.25, 0.3) is 0 Å².